The number of nitrogens with one attached hydrogen (secondary N) is 1. The summed E-state index contributed by atoms with van der Waals surface area (Å²) in [6, 6.07) is 0. The van der Waals surface area contributed by atoms with Gasteiger partial charge in [0, 0.05) is 6.26 Å². The molecule has 0 amide bonds. The SMILES string of the molecule is CC(C)(C)OC(=O)C1(S(C)(=N)=O)CC1. The molecule has 1 N–H and O–H groups in total. The lowest BCUT2D eigenvalue weighted by molar-refractivity contribution is -0.155. The van der Waals surface area contributed by atoms with Gasteiger partial charge in [-0.3, -0.25) is 9.57 Å². The van der Waals surface area contributed by atoms with E-state index < -0.39 is 26.0 Å². The lowest BCUT2D eigenvalue weighted by atomic mass is 10.2. The van der Waals surface area contributed by atoms with Gasteiger partial charge in [0.25, 0.3) is 0 Å². The van der Waals surface area contributed by atoms with E-state index in [1.165, 1.54) is 6.26 Å². The minimum Gasteiger partial charge on any atom is -0.459 e. The standard InChI is InChI=1S/C9H17NO3S/c1-8(2,3)13-7(11)9(5-6-9)14(4,10)12/h10H,5-6H2,1-4H3. The van der Waals surface area contributed by atoms with Crippen molar-refractivity contribution in [2.45, 2.75) is 44.0 Å². The highest BCUT2D eigenvalue weighted by molar-refractivity contribution is 7.94. The maximum absolute atomic E-state index is 11.7. The van der Waals surface area contributed by atoms with Crippen molar-refractivity contribution in [3.8, 4) is 0 Å². The molecule has 0 heterocycles. The zero-order valence-electron chi connectivity index (χ0n) is 9.05. The molecule has 1 rings (SSSR count). The van der Waals surface area contributed by atoms with Crippen molar-refractivity contribution in [2.24, 2.45) is 0 Å². The Morgan fingerprint density at radius 1 is 1.43 bits per heavy atom. The van der Waals surface area contributed by atoms with Crippen LogP contribution in [0.15, 0.2) is 0 Å². The highest BCUT2D eigenvalue weighted by Gasteiger charge is 2.58. The number of carbonyl (C=O) groups excluding carboxylic acids is 1. The summed E-state index contributed by atoms with van der Waals surface area (Å²) in [5.74, 6) is -0.479. The topological polar surface area (TPSA) is 67.2 Å². The van der Waals surface area contributed by atoms with Crippen molar-refractivity contribution in [1.82, 2.24) is 0 Å². The molecule has 4 nitrogen and oxygen atoms in total. The van der Waals surface area contributed by atoms with Gasteiger partial charge >= 0.3 is 5.97 Å². The van der Waals surface area contributed by atoms with E-state index in [0.717, 1.165) is 0 Å². The lowest BCUT2D eigenvalue weighted by Gasteiger charge is -2.23. The van der Waals surface area contributed by atoms with Crippen molar-refractivity contribution >= 4 is 15.7 Å². The van der Waals surface area contributed by atoms with Crippen LogP contribution in [-0.2, 0) is 19.3 Å². The predicted octanol–water partition coefficient (Wildman–Crippen LogP) is 1.54. The normalized spacial score (nSPS) is 23.7. The van der Waals surface area contributed by atoms with Crippen molar-refractivity contribution in [2.75, 3.05) is 6.26 Å². The van der Waals surface area contributed by atoms with Crippen LogP contribution in [0.2, 0.25) is 0 Å². The number of hydrogen-bond donors (Lipinski definition) is 1. The molecule has 82 valence electrons. The molecule has 1 fully saturated rings. The second-order valence-corrected chi connectivity index (χ2v) is 7.31. The Morgan fingerprint density at radius 3 is 2.07 bits per heavy atom. The van der Waals surface area contributed by atoms with E-state index in [1.54, 1.807) is 20.8 Å². The molecule has 1 saturated carbocycles. The van der Waals surface area contributed by atoms with Crippen LogP contribution in [0.4, 0.5) is 0 Å². The first kappa shape index (κ1) is 11.5. The Morgan fingerprint density at radius 2 is 1.86 bits per heavy atom. The maximum Gasteiger partial charge on any atom is 0.326 e. The molecule has 1 atom stereocenters. The molecule has 0 saturated heterocycles. The number of hydrogen-bond acceptors (Lipinski definition) is 4. The summed E-state index contributed by atoms with van der Waals surface area (Å²) in [4.78, 5) is 11.7. The van der Waals surface area contributed by atoms with Gasteiger partial charge in [0.05, 0.1) is 9.73 Å². The smallest absolute Gasteiger partial charge is 0.326 e. The van der Waals surface area contributed by atoms with Gasteiger partial charge in [-0.1, -0.05) is 0 Å². The zero-order chi connectivity index (χ0) is 11.2. The average molecular weight is 219 g/mol. The van der Waals surface area contributed by atoms with Crippen molar-refractivity contribution < 1.29 is 13.7 Å². The van der Waals surface area contributed by atoms with Gasteiger partial charge in [0.1, 0.15) is 5.60 Å². The molecular formula is C9H17NO3S. The summed E-state index contributed by atoms with van der Waals surface area (Å²) in [5.41, 5.74) is -0.572. The summed E-state index contributed by atoms with van der Waals surface area (Å²) in [6.45, 7) is 5.30. The Hall–Kier alpha value is -0.580. The predicted molar refractivity (Wildman–Crippen MR) is 54.6 cm³/mol. The molecule has 0 bridgehead atoms. The summed E-state index contributed by atoms with van der Waals surface area (Å²) < 4.78 is 23.2. The van der Waals surface area contributed by atoms with Gasteiger partial charge in [-0.2, -0.15) is 0 Å². The molecule has 14 heavy (non-hydrogen) atoms. The van der Waals surface area contributed by atoms with Gasteiger partial charge in [-0.15, -0.1) is 0 Å². The minimum atomic E-state index is -2.84. The largest absolute Gasteiger partial charge is 0.459 e. The van der Waals surface area contributed by atoms with Crippen LogP contribution in [0.3, 0.4) is 0 Å². The summed E-state index contributed by atoms with van der Waals surface area (Å²) in [5, 5.41) is 0. The second kappa shape index (κ2) is 2.95. The quantitative estimate of drug-likeness (QED) is 0.716. The molecule has 0 aliphatic heterocycles. The fourth-order valence-electron chi connectivity index (χ4n) is 1.24. The summed E-state index contributed by atoms with van der Waals surface area (Å²) in [7, 11) is -2.84. The van der Waals surface area contributed by atoms with E-state index in [1.807, 2.05) is 0 Å². The Kier molecular flexibility index (Phi) is 2.42. The molecule has 0 aromatic carbocycles. The molecule has 0 aromatic rings. The Balaban J connectivity index is 2.82. The Bertz CT molecular complexity index is 347. The monoisotopic (exact) mass is 219 g/mol. The molecule has 0 spiro atoms. The second-order valence-electron chi connectivity index (χ2n) is 4.84. The molecule has 0 radical (unpaired) electrons. The molecule has 5 heteroatoms. The number of esters is 1. The van der Waals surface area contributed by atoms with E-state index in [9.17, 15) is 9.00 Å². The van der Waals surface area contributed by atoms with Gasteiger partial charge in [-0.05, 0) is 33.6 Å². The zero-order valence-corrected chi connectivity index (χ0v) is 9.86. The highest BCUT2D eigenvalue weighted by Crippen LogP contribution is 2.45. The number of ether oxygens (including phenoxy) is 1. The van der Waals surface area contributed by atoms with Crippen LogP contribution in [-0.4, -0.2) is 26.8 Å². The van der Waals surface area contributed by atoms with Crippen LogP contribution < -0.4 is 0 Å². The third-order valence-electron chi connectivity index (χ3n) is 2.22. The van der Waals surface area contributed by atoms with Gasteiger partial charge in [-0.25, -0.2) is 4.21 Å². The van der Waals surface area contributed by atoms with Gasteiger partial charge < -0.3 is 4.74 Å². The van der Waals surface area contributed by atoms with Crippen LogP contribution in [0.1, 0.15) is 33.6 Å². The van der Waals surface area contributed by atoms with E-state index in [2.05, 4.69) is 0 Å². The number of rotatable bonds is 2. The maximum atomic E-state index is 11.7. The third kappa shape index (κ3) is 2.08. The fraction of sp³-hybridized carbons (Fsp3) is 0.889. The van der Waals surface area contributed by atoms with Crippen molar-refractivity contribution in [1.29, 1.82) is 4.78 Å². The first-order valence-corrected chi connectivity index (χ1v) is 6.52. The van der Waals surface area contributed by atoms with Crippen molar-refractivity contribution in [3.63, 3.8) is 0 Å². The summed E-state index contributed by atoms with van der Waals surface area (Å²) >= 11 is 0. The van der Waals surface area contributed by atoms with Gasteiger partial charge in [0.15, 0.2) is 4.75 Å². The van der Waals surface area contributed by atoms with E-state index >= 15 is 0 Å². The van der Waals surface area contributed by atoms with Gasteiger partial charge in [0.2, 0.25) is 0 Å². The van der Waals surface area contributed by atoms with E-state index in [-0.39, 0.29) is 0 Å². The van der Waals surface area contributed by atoms with Crippen LogP contribution in [0.5, 0.6) is 0 Å². The first-order valence-electron chi connectivity index (χ1n) is 4.55. The lowest BCUT2D eigenvalue weighted by Crippen LogP contribution is -2.37. The summed E-state index contributed by atoms with van der Waals surface area (Å²) in [6.07, 6.45) is 2.34. The van der Waals surface area contributed by atoms with Crippen molar-refractivity contribution in [3.05, 3.63) is 0 Å². The van der Waals surface area contributed by atoms with Crippen LogP contribution >= 0.6 is 0 Å². The Labute approximate surface area is 85.0 Å². The molecule has 0 aromatic heterocycles. The van der Waals surface area contributed by atoms with E-state index in [0.29, 0.717) is 12.8 Å². The molecule has 1 aliphatic rings. The first-order chi connectivity index (χ1) is 6.08. The highest BCUT2D eigenvalue weighted by atomic mass is 32.2. The molecular weight excluding hydrogens is 202 g/mol. The average Bonchev–Trinajstić information content (AvgIpc) is 2.56. The fourth-order valence-corrected chi connectivity index (χ4v) is 2.48. The molecule has 1 aliphatic carbocycles. The third-order valence-corrected chi connectivity index (χ3v) is 4.29. The van der Waals surface area contributed by atoms with Crippen LogP contribution in [0.25, 0.3) is 0 Å². The number of carbonyl (C=O) groups is 1. The van der Waals surface area contributed by atoms with Crippen LogP contribution in [0, 0.1) is 4.78 Å². The van der Waals surface area contributed by atoms with E-state index in [4.69, 9.17) is 9.52 Å². The molecule has 1 unspecified atom stereocenters. The minimum absolute atomic E-state index is 0.479.